The predicted molar refractivity (Wildman–Crippen MR) is 55.9 cm³/mol. The van der Waals surface area contributed by atoms with Crippen molar-refractivity contribution in [2.75, 3.05) is 5.73 Å². The Morgan fingerprint density at radius 1 is 1.29 bits per heavy atom. The summed E-state index contributed by atoms with van der Waals surface area (Å²) in [6, 6.07) is 0. The molecule has 0 unspecified atom stereocenters. The van der Waals surface area contributed by atoms with Gasteiger partial charge in [-0.1, -0.05) is 0 Å². The van der Waals surface area contributed by atoms with Crippen LogP contribution in [0.25, 0.3) is 0 Å². The van der Waals surface area contributed by atoms with E-state index < -0.39 is 0 Å². The highest BCUT2D eigenvalue weighted by Crippen LogP contribution is 2.54. The van der Waals surface area contributed by atoms with E-state index in [4.69, 9.17) is 5.73 Å². The van der Waals surface area contributed by atoms with Crippen molar-refractivity contribution in [3.8, 4) is 0 Å². The second kappa shape index (κ2) is 2.75. The molecule has 0 radical (unpaired) electrons. The molecule has 0 atom stereocenters. The Labute approximate surface area is 84.1 Å². The van der Waals surface area contributed by atoms with Crippen molar-refractivity contribution in [3.63, 3.8) is 0 Å². The third kappa shape index (κ3) is 1.22. The monoisotopic (exact) mass is 191 g/mol. The summed E-state index contributed by atoms with van der Waals surface area (Å²) < 4.78 is 0. The molecule has 0 aliphatic heterocycles. The lowest BCUT2D eigenvalue weighted by atomic mass is 9.92. The van der Waals surface area contributed by atoms with Crippen LogP contribution in [-0.4, -0.2) is 10.2 Å². The molecule has 1 aromatic heterocycles. The molecule has 3 rings (SSSR count). The summed E-state index contributed by atoms with van der Waals surface area (Å²) in [5.74, 6) is 3.26. The van der Waals surface area contributed by atoms with Gasteiger partial charge in [-0.25, -0.2) is 0 Å². The molecule has 2 fully saturated rings. The number of nitrogens with zero attached hydrogens (tertiary/aromatic N) is 1. The van der Waals surface area contributed by atoms with Crippen LogP contribution in [0.1, 0.15) is 42.9 Å². The number of nitrogen functional groups attached to an aromatic ring is 1. The average molecular weight is 191 g/mol. The van der Waals surface area contributed by atoms with Crippen molar-refractivity contribution in [3.05, 3.63) is 11.3 Å². The minimum absolute atomic E-state index is 0.686. The van der Waals surface area contributed by atoms with Gasteiger partial charge in [-0.05, 0) is 44.4 Å². The van der Waals surface area contributed by atoms with E-state index in [1.165, 1.54) is 36.9 Å². The number of nitrogens with one attached hydrogen (secondary N) is 1. The van der Waals surface area contributed by atoms with Crippen molar-refractivity contribution in [1.82, 2.24) is 10.2 Å². The van der Waals surface area contributed by atoms with Gasteiger partial charge in [-0.3, -0.25) is 5.10 Å². The maximum atomic E-state index is 5.78. The molecular formula is C11H17N3. The number of rotatable bonds is 3. The lowest BCUT2D eigenvalue weighted by molar-refractivity contribution is 0.520. The van der Waals surface area contributed by atoms with Gasteiger partial charge < -0.3 is 5.73 Å². The average Bonchev–Trinajstić information content (AvgIpc) is 3.02. The molecule has 2 saturated carbocycles. The van der Waals surface area contributed by atoms with Crippen LogP contribution in [0.4, 0.5) is 5.82 Å². The van der Waals surface area contributed by atoms with Gasteiger partial charge in [0.15, 0.2) is 0 Å². The fraction of sp³-hybridized carbons (Fsp3) is 0.727. The van der Waals surface area contributed by atoms with E-state index >= 15 is 0 Å². The molecule has 2 aliphatic carbocycles. The molecule has 0 amide bonds. The first-order valence-corrected chi connectivity index (χ1v) is 5.57. The number of anilines is 1. The Balaban J connectivity index is 1.93. The van der Waals surface area contributed by atoms with Gasteiger partial charge in [0, 0.05) is 17.2 Å². The van der Waals surface area contributed by atoms with Crippen LogP contribution in [-0.2, 0) is 0 Å². The van der Waals surface area contributed by atoms with Crippen LogP contribution in [0.3, 0.4) is 0 Å². The van der Waals surface area contributed by atoms with Crippen LogP contribution >= 0.6 is 0 Å². The van der Waals surface area contributed by atoms with E-state index in [0.717, 1.165) is 17.8 Å². The van der Waals surface area contributed by atoms with Gasteiger partial charge >= 0.3 is 0 Å². The van der Waals surface area contributed by atoms with E-state index in [-0.39, 0.29) is 0 Å². The Morgan fingerprint density at radius 3 is 2.21 bits per heavy atom. The maximum absolute atomic E-state index is 5.78. The third-order valence-corrected chi connectivity index (χ3v) is 3.68. The molecule has 0 bridgehead atoms. The van der Waals surface area contributed by atoms with Crippen molar-refractivity contribution in [2.24, 2.45) is 11.8 Å². The second-order valence-corrected chi connectivity index (χ2v) is 4.85. The number of H-pyrrole nitrogens is 1. The van der Waals surface area contributed by atoms with Crippen molar-refractivity contribution < 1.29 is 0 Å². The molecule has 0 aromatic carbocycles. The molecule has 1 heterocycles. The fourth-order valence-electron chi connectivity index (χ4n) is 2.52. The van der Waals surface area contributed by atoms with E-state index in [1.54, 1.807) is 0 Å². The molecule has 3 nitrogen and oxygen atoms in total. The summed E-state index contributed by atoms with van der Waals surface area (Å²) in [5, 5.41) is 7.25. The number of nitrogens with two attached hydrogens (primary N) is 1. The Bertz CT molecular complexity index is 335. The van der Waals surface area contributed by atoms with E-state index in [1.807, 2.05) is 0 Å². The molecule has 1 aromatic rings. The van der Waals surface area contributed by atoms with Crippen LogP contribution in [0.5, 0.6) is 0 Å². The minimum Gasteiger partial charge on any atom is -0.382 e. The van der Waals surface area contributed by atoms with Crippen LogP contribution in [0.2, 0.25) is 0 Å². The maximum Gasteiger partial charge on any atom is 0.148 e. The fourth-order valence-corrected chi connectivity index (χ4v) is 2.52. The van der Waals surface area contributed by atoms with Crippen molar-refractivity contribution in [1.29, 1.82) is 0 Å². The van der Waals surface area contributed by atoms with Crippen molar-refractivity contribution >= 4 is 5.82 Å². The summed E-state index contributed by atoms with van der Waals surface area (Å²) in [6.45, 7) is 2.09. The zero-order valence-corrected chi connectivity index (χ0v) is 8.59. The van der Waals surface area contributed by atoms with E-state index in [0.29, 0.717) is 5.82 Å². The van der Waals surface area contributed by atoms with Crippen LogP contribution in [0.15, 0.2) is 0 Å². The number of aromatic nitrogens is 2. The summed E-state index contributed by atoms with van der Waals surface area (Å²) in [7, 11) is 0. The number of hydrogen-bond donors (Lipinski definition) is 2. The van der Waals surface area contributed by atoms with Crippen LogP contribution in [0, 0.1) is 18.8 Å². The molecule has 2 aliphatic rings. The summed E-state index contributed by atoms with van der Waals surface area (Å²) >= 11 is 0. The predicted octanol–water partition coefficient (Wildman–Crippen LogP) is 2.20. The summed E-state index contributed by atoms with van der Waals surface area (Å²) in [4.78, 5) is 0. The second-order valence-electron chi connectivity index (χ2n) is 4.85. The lowest BCUT2D eigenvalue weighted by Gasteiger charge is -2.14. The minimum atomic E-state index is 0.686. The molecule has 14 heavy (non-hydrogen) atoms. The third-order valence-electron chi connectivity index (χ3n) is 3.68. The van der Waals surface area contributed by atoms with Gasteiger partial charge in [0.05, 0.1) is 0 Å². The standard InChI is InChI=1S/C11H17N3/c1-6-10(13-14-11(6)12)9(7-2-3-7)8-4-5-8/h7-9H,2-5H2,1H3,(H3,12,13,14). The van der Waals surface area contributed by atoms with Crippen molar-refractivity contribution in [2.45, 2.75) is 38.5 Å². The van der Waals surface area contributed by atoms with E-state index in [2.05, 4.69) is 17.1 Å². The van der Waals surface area contributed by atoms with Gasteiger partial charge in [0.25, 0.3) is 0 Å². The smallest absolute Gasteiger partial charge is 0.148 e. The first kappa shape index (κ1) is 8.33. The Morgan fingerprint density at radius 2 is 1.86 bits per heavy atom. The van der Waals surface area contributed by atoms with Gasteiger partial charge in [-0.15, -0.1) is 0 Å². The largest absolute Gasteiger partial charge is 0.382 e. The topological polar surface area (TPSA) is 54.7 Å². The number of hydrogen-bond acceptors (Lipinski definition) is 2. The normalized spacial score (nSPS) is 21.9. The highest BCUT2D eigenvalue weighted by atomic mass is 15.2. The quantitative estimate of drug-likeness (QED) is 0.769. The van der Waals surface area contributed by atoms with Crippen LogP contribution < -0.4 is 5.73 Å². The van der Waals surface area contributed by atoms with Gasteiger partial charge in [-0.2, -0.15) is 5.10 Å². The molecule has 76 valence electrons. The molecule has 0 spiro atoms. The van der Waals surface area contributed by atoms with Gasteiger partial charge in [0.1, 0.15) is 5.82 Å². The molecule has 0 saturated heterocycles. The Hall–Kier alpha value is -0.990. The molecular weight excluding hydrogens is 174 g/mol. The molecule has 3 heteroatoms. The zero-order valence-electron chi connectivity index (χ0n) is 8.59. The molecule has 3 N–H and O–H groups in total. The highest BCUT2D eigenvalue weighted by Gasteiger charge is 2.43. The van der Waals surface area contributed by atoms with E-state index in [9.17, 15) is 0 Å². The first-order valence-electron chi connectivity index (χ1n) is 5.57. The summed E-state index contributed by atoms with van der Waals surface area (Å²) in [6.07, 6.45) is 5.61. The summed E-state index contributed by atoms with van der Waals surface area (Å²) in [5.41, 5.74) is 8.29. The lowest BCUT2D eigenvalue weighted by Crippen LogP contribution is -2.06. The Kier molecular flexibility index (Phi) is 1.64. The highest BCUT2D eigenvalue weighted by molar-refractivity contribution is 5.43. The first-order chi connectivity index (χ1) is 6.77. The SMILES string of the molecule is Cc1c(N)n[nH]c1C(C1CC1)C1CC1. The van der Waals surface area contributed by atoms with Gasteiger partial charge in [0.2, 0.25) is 0 Å². The number of aromatic amines is 1. The zero-order chi connectivity index (χ0) is 9.71.